The van der Waals surface area contributed by atoms with Gasteiger partial charge in [-0.25, -0.2) is 4.79 Å². The third kappa shape index (κ3) is 3.47. The molecule has 2 heterocycles. The topological polar surface area (TPSA) is 50.2 Å². The Morgan fingerprint density at radius 1 is 1.32 bits per heavy atom. The molecule has 3 rings (SSSR count). The minimum Gasteiger partial charge on any atom is -0.334 e. The lowest BCUT2D eigenvalue weighted by Crippen LogP contribution is -2.44. The van der Waals surface area contributed by atoms with Gasteiger partial charge in [0, 0.05) is 38.8 Å². The van der Waals surface area contributed by atoms with Gasteiger partial charge in [-0.15, -0.1) is 0 Å². The van der Waals surface area contributed by atoms with Crippen LogP contribution in [0.1, 0.15) is 30.0 Å². The van der Waals surface area contributed by atoms with Crippen LogP contribution in [0.15, 0.2) is 42.6 Å². The van der Waals surface area contributed by atoms with Crippen LogP contribution < -0.4 is 5.32 Å². The number of likely N-dealkylation sites (tertiary alicyclic amines) is 1. The summed E-state index contributed by atoms with van der Waals surface area (Å²) < 4.78 is 1.82. The highest BCUT2D eigenvalue weighted by atomic mass is 16.2. The highest BCUT2D eigenvalue weighted by Crippen LogP contribution is 2.25. The second-order valence-corrected chi connectivity index (χ2v) is 5.84. The number of hydrogen-bond acceptors (Lipinski definition) is 2. The van der Waals surface area contributed by atoms with Crippen molar-refractivity contribution in [1.82, 2.24) is 20.0 Å². The number of amides is 2. The zero-order valence-electron chi connectivity index (χ0n) is 12.9. The number of nitrogens with zero attached hydrogens (tertiary/aromatic N) is 3. The van der Waals surface area contributed by atoms with Crippen molar-refractivity contribution in [3.05, 3.63) is 53.9 Å². The number of piperidine rings is 1. The summed E-state index contributed by atoms with van der Waals surface area (Å²) in [5, 5.41) is 7.49. The molecule has 1 aliphatic heterocycles. The van der Waals surface area contributed by atoms with Gasteiger partial charge in [0.2, 0.25) is 0 Å². The summed E-state index contributed by atoms with van der Waals surface area (Å²) in [4.78, 5) is 14.3. The van der Waals surface area contributed by atoms with Gasteiger partial charge in [0.15, 0.2) is 0 Å². The first-order chi connectivity index (χ1) is 10.7. The molecule has 0 aliphatic carbocycles. The molecule has 0 radical (unpaired) electrons. The molecule has 22 heavy (non-hydrogen) atoms. The van der Waals surface area contributed by atoms with Crippen LogP contribution in [0.2, 0.25) is 0 Å². The van der Waals surface area contributed by atoms with Gasteiger partial charge in [0.1, 0.15) is 0 Å². The predicted molar refractivity (Wildman–Crippen MR) is 85.4 cm³/mol. The van der Waals surface area contributed by atoms with Crippen molar-refractivity contribution in [3.63, 3.8) is 0 Å². The Labute approximate surface area is 130 Å². The van der Waals surface area contributed by atoms with Crippen molar-refractivity contribution >= 4 is 6.03 Å². The minimum atomic E-state index is 0.0180. The normalized spacial score (nSPS) is 18.2. The molecule has 1 saturated heterocycles. The molecule has 1 N–H and O–H groups in total. The summed E-state index contributed by atoms with van der Waals surface area (Å²) >= 11 is 0. The Bertz CT molecular complexity index is 623. The zero-order valence-corrected chi connectivity index (χ0v) is 12.9. The van der Waals surface area contributed by atoms with E-state index in [1.807, 2.05) is 53.2 Å². The van der Waals surface area contributed by atoms with E-state index in [0.717, 1.165) is 37.2 Å². The summed E-state index contributed by atoms with van der Waals surface area (Å²) in [6.45, 7) is 2.14. The quantitative estimate of drug-likeness (QED) is 0.946. The Hall–Kier alpha value is -2.30. The molecule has 2 amide bonds. The van der Waals surface area contributed by atoms with Crippen LogP contribution in [-0.2, 0) is 13.6 Å². The van der Waals surface area contributed by atoms with Crippen molar-refractivity contribution < 1.29 is 4.79 Å². The SMILES string of the molecule is Cn1ccc([C@@H]2CCCN(C(=O)NCc3ccccc3)C2)n1. The number of benzene rings is 1. The fourth-order valence-electron chi connectivity index (χ4n) is 2.94. The third-order valence-electron chi connectivity index (χ3n) is 4.15. The van der Waals surface area contributed by atoms with Crippen LogP contribution in [-0.4, -0.2) is 33.8 Å². The summed E-state index contributed by atoms with van der Waals surface area (Å²) in [5.74, 6) is 0.345. The average molecular weight is 298 g/mol. The van der Waals surface area contributed by atoms with Crippen LogP contribution in [0, 0.1) is 0 Å². The van der Waals surface area contributed by atoms with Crippen LogP contribution in [0.5, 0.6) is 0 Å². The van der Waals surface area contributed by atoms with Gasteiger partial charge in [-0.2, -0.15) is 5.10 Å². The number of carbonyl (C=O) groups excluding carboxylic acids is 1. The molecule has 1 aromatic carbocycles. The van der Waals surface area contributed by atoms with Crippen molar-refractivity contribution in [1.29, 1.82) is 0 Å². The number of urea groups is 1. The second kappa shape index (κ2) is 6.64. The summed E-state index contributed by atoms with van der Waals surface area (Å²) in [5.41, 5.74) is 2.21. The van der Waals surface area contributed by atoms with Gasteiger partial charge in [-0.1, -0.05) is 30.3 Å². The van der Waals surface area contributed by atoms with Crippen LogP contribution in [0.25, 0.3) is 0 Å². The molecule has 0 unspecified atom stereocenters. The highest BCUT2D eigenvalue weighted by Gasteiger charge is 2.25. The monoisotopic (exact) mass is 298 g/mol. The van der Waals surface area contributed by atoms with Gasteiger partial charge >= 0.3 is 6.03 Å². The molecule has 116 valence electrons. The lowest BCUT2D eigenvalue weighted by molar-refractivity contribution is 0.178. The first kappa shape index (κ1) is 14.6. The molecule has 2 aromatic rings. The van der Waals surface area contributed by atoms with E-state index in [4.69, 9.17) is 0 Å². The molecular formula is C17H22N4O. The van der Waals surface area contributed by atoms with Gasteiger partial charge in [0.25, 0.3) is 0 Å². The van der Waals surface area contributed by atoms with Crippen molar-refractivity contribution in [2.45, 2.75) is 25.3 Å². The second-order valence-electron chi connectivity index (χ2n) is 5.84. The maximum atomic E-state index is 12.3. The van der Waals surface area contributed by atoms with Crippen LogP contribution in [0.3, 0.4) is 0 Å². The van der Waals surface area contributed by atoms with Gasteiger partial charge < -0.3 is 10.2 Å². The van der Waals surface area contributed by atoms with E-state index in [2.05, 4.69) is 16.5 Å². The summed E-state index contributed by atoms with van der Waals surface area (Å²) in [6.07, 6.45) is 4.09. The molecule has 1 aliphatic rings. The smallest absolute Gasteiger partial charge is 0.317 e. The molecule has 0 bridgehead atoms. The van der Waals surface area contributed by atoms with Crippen molar-refractivity contribution in [2.24, 2.45) is 7.05 Å². The van der Waals surface area contributed by atoms with Crippen molar-refractivity contribution in [2.75, 3.05) is 13.1 Å². The Morgan fingerprint density at radius 2 is 2.14 bits per heavy atom. The number of hydrogen-bond donors (Lipinski definition) is 1. The predicted octanol–water partition coefficient (Wildman–Crippen LogP) is 2.51. The molecular weight excluding hydrogens is 276 g/mol. The summed E-state index contributed by atoms with van der Waals surface area (Å²) in [7, 11) is 1.93. The fraction of sp³-hybridized carbons (Fsp3) is 0.412. The Kier molecular flexibility index (Phi) is 4.42. The molecule has 5 heteroatoms. The molecule has 0 spiro atoms. The maximum absolute atomic E-state index is 12.3. The largest absolute Gasteiger partial charge is 0.334 e. The van der Waals surface area contributed by atoms with E-state index in [-0.39, 0.29) is 6.03 Å². The van der Waals surface area contributed by atoms with E-state index < -0.39 is 0 Å². The third-order valence-corrected chi connectivity index (χ3v) is 4.15. The van der Waals surface area contributed by atoms with Gasteiger partial charge in [-0.05, 0) is 24.5 Å². The molecule has 0 saturated carbocycles. The van der Waals surface area contributed by atoms with Crippen LogP contribution in [0.4, 0.5) is 4.79 Å². The van der Waals surface area contributed by atoms with E-state index in [0.29, 0.717) is 12.5 Å². The number of rotatable bonds is 3. The Morgan fingerprint density at radius 3 is 2.86 bits per heavy atom. The lowest BCUT2D eigenvalue weighted by Gasteiger charge is -2.32. The average Bonchev–Trinajstić information content (AvgIpc) is 3.00. The van der Waals surface area contributed by atoms with Crippen LogP contribution >= 0.6 is 0 Å². The first-order valence-electron chi connectivity index (χ1n) is 7.78. The zero-order chi connectivity index (χ0) is 15.4. The molecule has 5 nitrogen and oxygen atoms in total. The first-order valence-corrected chi connectivity index (χ1v) is 7.78. The van der Waals surface area contributed by atoms with E-state index >= 15 is 0 Å². The van der Waals surface area contributed by atoms with Gasteiger partial charge in [0.05, 0.1) is 5.69 Å². The number of nitrogens with one attached hydrogen (secondary N) is 1. The molecule has 1 atom stereocenters. The molecule has 1 aromatic heterocycles. The fourth-order valence-corrected chi connectivity index (χ4v) is 2.94. The summed E-state index contributed by atoms with van der Waals surface area (Å²) in [6, 6.07) is 12.1. The number of carbonyl (C=O) groups is 1. The Balaban J connectivity index is 1.56. The lowest BCUT2D eigenvalue weighted by atomic mass is 9.95. The van der Waals surface area contributed by atoms with E-state index in [1.165, 1.54) is 0 Å². The van der Waals surface area contributed by atoms with E-state index in [1.54, 1.807) is 0 Å². The minimum absolute atomic E-state index is 0.0180. The van der Waals surface area contributed by atoms with Gasteiger partial charge in [-0.3, -0.25) is 4.68 Å². The maximum Gasteiger partial charge on any atom is 0.317 e. The van der Waals surface area contributed by atoms with E-state index in [9.17, 15) is 4.79 Å². The highest BCUT2D eigenvalue weighted by molar-refractivity contribution is 5.74. The number of aromatic nitrogens is 2. The standard InChI is InChI=1S/C17H22N4O/c1-20-11-9-16(19-20)15-8-5-10-21(13-15)17(22)18-12-14-6-3-2-4-7-14/h2-4,6-7,9,11,15H,5,8,10,12-13H2,1H3,(H,18,22)/t15-/m1/s1. The molecule has 1 fully saturated rings. The van der Waals surface area contributed by atoms with Crippen molar-refractivity contribution in [3.8, 4) is 0 Å². The number of aryl methyl sites for hydroxylation is 1.